The maximum Gasteiger partial charge on any atom is 0.255 e. The number of amides is 1. The van der Waals surface area contributed by atoms with Gasteiger partial charge in [-0.3, -0.25) is 4.79 Å². The van der Waals surface area contributed by atoms with E-state index < -0.39 is 0 Å². The lowest BCUT2D eigenvalue weighted by atomic mass is 9.84. The first kappa shape index (κ1) is 22.1. The van der Waals surface area contributed by atoms with Gasteiger partial charge in [-0.1, -0.05) is 31.4 Å². The van der Waals surface area contributed by atoms with Gasteiger partial charge in [0.05, 0.1) is 28.9 Å². The van der Waals surface area contributed by atoms with Gasteiger partial charge in [-0.05, 0) is 57.2 Å². The van der Waals surface area contributed by atoms with Gasteiger partial charge in [-0.15, -0.1) is 0 Å². The van der Waals surface area contributed by atoms with Crippen molar-refractivity contribution in [2.75, 3.05) is 5.32 Å². The van der Waals surface area contributed by atoms with E-state index in [2.05, 4.69) is 27.6 Å². The third kappa shape index (κ3) is 4.56. The second-order valence-electron chi connectivity index (χ2n) is 8.86. The molecule has 3 aromatic rings. The molecule has 2 heterocycles. The number of rotatable bonds is 7. The lowest BCUT2D eigenvalue weighted by molar-refractivity contribution is 0.0940. The normalized spacial score (nSPS) is 16.6. The van der Waals surface area contributed by atoms with Crippen LogP contribution < -0.4 is 10.6 Å². The number of aromatic hydroxyl groups is 1. The molecule has 0 radical (unpaired) electrons. The van der Waals surface area contributed by atoms with E-state index in [0.29, 0.717) is 11.5 Å². The molecular weight excluding hydrogens is 402 g/mol. The summed E-state index contributed by atoms with van der Waals surface area (Å²) in [6, 6.07) is 6.94. The molecule has 2 aromatic heterocycles. The summed E-state index contributed by atoms with van der Waals surface area (Å²) < 4.78 is 1.85. The van der Waals surface area contributed by atoms with Gasteiger partial charge in [0, 0.05) is 18.8 Å². The van der Waals surface area contributed by atoms with E-state index >= 15 is 0 Å². The van der Waals surface area contributed by atoms with Crippen molar-refractivity contribution < 1.29 is 9.90 Å². The number of anilines is 1. The quantitative estimate of drug-likeness (QED) is 0.484. The molecule has 1 aliphatic carbocycles. The number of carbonyl (C=O) groups is 1. The summed E-state index contributed by atoms with van der Waals surface area (Å²) in [5.41, 5.74) is 3.05. The Hall–Kier alpha value is -3.09. The Morgan fingerprint density at radius 1 is 1.16 bits per heavy atom. The summed E-state index contributed by atoms with van der Waals surface area (Å²) in [5.74, 6) is 0.626. The summed E-state index contributed by atoms with van der Waals surface area (Å²) in [5, 5.41) is 21.6. The van der Waals surface area contributed by atoms with E-state index in [1.165, 1.54) is 32.1 Å². The number of phenolic OH excluding ortho intramolecular Hbond substituents is 1. The Balaban J connectivity index is 1.64. The van der Waals surface area contributed by atoms with Crippen LogP contribution in [-0.4, -0.2) is 31.8 Å². The average Bonchev–Trinajstić information content (AvgIpc) is 3.23. The molecule has 7 heteroatoms. The number of pyridine rings is 1. The molecule has 7 nitrogen and oxygen atoms in total. The van der Waals surface area contributed by atoms with Crippen molar-refractivity contribution in [3.63, 3.8) is 0 Å². The average molecular weight is 436 g/mol. The van der Waals surface area contributed by atoms with Crippen LogP contribution >= 0.6 is 0 Å². The molecular formula is C25H33N5O2. The van der Waals surface area contributed by atoms with Gasteiger partial charge in [0.25, 0.3) is 5.91 Å². The zero-order chi connectivity index (χ0) is 22.7. The molecule has 2 atom stereocenters. The molecule has 0 saturated heterocycles. The number of fused-ring (bicyclic) bond motifs is 1. The van der Waals surface area contributed by atoms with Crippen molar-refractivity contribution in [1.29, 1.82) is 0 Å². The molecule has 1 unspecified atom stereocenters. The van der Waals surface area contributed by atoms with E-state index in [9.17, 15) is 9.90 Å². The highest BCUT2D eigenvalue weighted by atomic mass is 16.3. The summed E-state index contributed by atoms with van der Waals surface area (Å²) in [7, 11) is 0. The number of nitrogens with one attached hydrogen (secondary N) is 2. The van der Waals surface area contributed by atoms with Gasteiger partial charge in [0.2, 0.25) is 0 Å². The first-order valence-corrected chi connectivity index (χ1v) is 11.7. The number of carbonyl (C=O) groups excluding carboxylic acids is 1. The lowest BCUT2D eigenvalue weighted by Crippen LogP contribution is -2.31. The van der Waals surface area contributed by atoms with Crippen LogP contribution in [0, 0.1) is 5.92 Å². The van der Waals surface area contributed by atoms with E-state index in [4.69, 9.17) is 0 Å². The van der Waals surface area contributed by atoms with Crippen LogP contribution in [0.4, 0.5) is 5.69 Å². The van der Waals surface area contributed by atoms with Crippen molar-refractivity contribution in [2.45, 2.75) is 71.5 Å². The van der Waals surface area contributed by atoms with Gasteiger partial charge in [-0.2, -0.15) is 5.10 Å². The fourth-order valence-electron chi connectivity index (χ4n) is 4.69. The van der Waals surface area contributed by atoms with Crippen molar-refractivity contribution in [2.24, 2.45) is 5.92 Å². The second-order valence-corrected chi connectivity index (χ2v) is 8.86. The lowest BCUT2D eigenvalue weighted by Gasteiger charge is -2.30. The monoisotopic (exact) mass is 435 g/mol. The second kappa shape index (κ2) is 9.59. The first-order valence-electron chi connectivity index (χ1n) is 11.7. The van der Waals surface area contributed by atoms with Gasteiger partial charge in [-0.25, -0.2) is 9.67 Å². The Kier molecular flexibility index (Phi) is 6.63. The predicted molar refractivity (Wildman–Crippen MR) is 127 cm³/mol. The molecule has 3 N–H and O–H groups in total. The van der Waals surface area contributed by atoms with Gasteiger partial charge in [0.15, 0.2) is 5.65 Å². The third-order valence-electron chi connectivity index (χ3n) is 6.68. The Bertz CT molecular complexity index is 1070. The van der Waals surface area contributed by atoms with E-state index in [0.717, 1.165) is 28.8 Å². The number of aromatic nitrogens is 3. The highest BCUT2D eigenvalue weighted by molar-refractivity contribution is 6.06. The minimum Gasteiger partial charge on any atom is -0.508 e. The molecule has 1 aromatic carbocycles. The fraction of sp³-hybridized carbons (Fsp3) is 0.480. The summed E-state index contributed by atoms with van der Waals surface area (Å²) in [6.07, 6.45) is 9.76. The molecule has 0 bridgehead atoms. The van der Waals surface area contributed by atoms with E-state index in [-0.39, 0.29) is 23.7 Å². The third-order valence-corrected chi connectivity index (χ3v) is 6.68. The standard InChI is InChI=1S/C25H33N5O2/c1-4-30-24-21(15-27-30)23(28-16(2)18-8-6-5-7-9-18)22(14-26-24)25(32)29-17(3)19-10-12-20(31)13-11-19/h10-18,31H,4-9H2,1-3H3,(H,26,28)(H,29,32)/t16-,17?/m1/s1. The van der Waals surface area contributed by atoms with Crippen LogP contribution in [0.15, 0.2) is 36.7 Å². The highest BCUT2D eigenvalue weighted by Crippen LogP contribution is 2.32. The maximum atomic E-state index is 13.3. The van der Waals surface area contributed by atoms with Crippen molar-refractivity contribution >= 4 is 22.6 Å². The van der Waals surface area contributed by atoms with Crippen LogP contribution in [0.3, 0.4) is 0 Å². The van der Waals surface area contributed by atoms with E-state index in [1.54, 1.807) is 18.3 Å². The minimum absolute atomic E-state index is 0.178. The van der Waals surface area contributed by atoms with Crippen molar-refractivity contribution in [3.05, 3.63) is 47.8 Å². The minimum atomic E-state index is -0.208. The SMILES string of the molecule is CCn1ncc2c(N[C@H](C)C3CCCCC3)c(C(=O)NC(C)c3ccc(O)cc3)cnc21. The first-order chi connectivity index (χ1) is 15.5. The molecule has 1 fully saturated rings. The molecule has 0 spiro atoms. The number of hydrogen-bond acceptors (Lipinski definition) is 5. The number of nitrogens with zero attached hydrogens (tertiary/aromatic N) is 3. The number of phenols is 1. The van der Waals surface area contributed by atoms with Crippen LogP contribution in [-0.2, 0) is 6.54 Å². The zero-order valence-electron chi connectivity index (χ0n) is 19.1. The highest BCUT2D eigenvalue weighted by Gasteiger charge is 2.25. The molecule has 170 valence electrons. The van der Waals surface area contributed by atoms with E-state index in [1.807, 2.05) is 36.9 Å². The fourth-order valence-corrected chi connectivity index (χ4v) is 4.69. The van der Waals surface area contributed by atoms with Gasteiger partial charge < -0.3 is 15.7 Å². The van der Waals surface area contributed by atoms with Crippen LogP contribution in [0.25, 0.3) is 11.0 Å². The topological polar surface area (TPSA) is 92.1 Å². The Morgan fingerprint density at radius 3 is 2.56 bits per heavy atom. The van der Waals surface area contributed by atoms with Crippen LogP contribution in [0.1, 0.15) is 74.8 Å². The largest absolute Gasteiger partial charge is 0.508 e. The smallest absolute Gasteiger partial charge is 0.255 e. The number of aryl methyl sites for hydroxylation is 1. The Labute approximate surface area is 189 Å². The van der Waals surface area contributed by atoms with Gasteiger partial charge >= 0.3 is 0 Å². The van der Waals surface area contributed by atoms with Crippen LogP contribution in [0.5, 0.6) is 5.75 Å². The molecule has 32 heavy (non-hydrogen) atoms. The maximum absolute atomic E-state index is 13.3. The molecule has 0 aliphatic heterocycles. The number of benzene rings is 1. The summed E-state index contributed by atoms with van der Waals surface area (Å²) in [6.45, 7) is 6.90. The molecule has 1 aliphatic rings. The Morgan fingerprint density at radius 2 is 1.88 bits per heavy atom. The van der Waals surface area contributed by atoms with Crippen molar-refractivity contribution in [1.82, 2.24) is 20.1 Å². The van der Waals surface area contributed by atoms with Gasteiger partial charge in [0.1, 0.15) is 5.75 Å². The van der Waals surface area contributed by atoms with Crippen molar-refractivity contribution in [3.8, 4) is 5.75 Å². The molecule has 4 rings (SSSR count). The summed E-state index contributed by atoms with van der Waals surface area (Å²) >= 11 is 0. The zero-order valence-corrected chi connectivity index (χ0v) is 19.1. The summed E-state index contributed by atoms with van der Waals surface area (Å²) in [4.78, 5) is 17.9. The number of hydrogen-bond donors (Lipinski definition) is 3. The predicted octanol–water partition coefficient (Wildman–Crippen LogP) is 5.03. The molecule has 1 amide bonds. The van der Waals surface area contributed by atoms with Crippen LogP contribution in [0.2, 0.25) is 0 Å². The molecule has 1 saturated carbocycles.